The molecule has 1 heterocycles. The van der Waals surface area contributed by atoms with Crippen molar-refractivity contribution in [2.24, 2.45) is 0 Å². The predicted molar refractivity (Wildman–Crippen MR) is 86.2 cm³/mol. The minimum atomic E-state index is -0.724. The molecule has 0 atom stereocenters. The van der Waals surface area contributed by atoms with Crippen LogP contribution in [0.3, 0.4) is 0 Å². The Morgan fingerprint density at radius 2 is 1.83 bits per heavy atom. The highest BCUT2D eigenvalue weighted by Gasteiger charge is 2.37. The van der Waals surface area contributed by atoms with Crippen LogP contribution in [0.1, 0.15) is 32.7 Å². The van der Waals surface area contributed by atoms with E-state index in [2.05, 4.69) is 5.32 Å². The Balaban J connectivity index is 1.67. The van der Waals surface area contributed by atoms with Crippen LogP contribution in [0.5, 0.6) is 0 Å². The Kier molecular flexibility index (Phi) is 4.12. The number of rotatable bonds is 4. The molecule has 1 aliphatic heterocycles. The summed E-state index contributed by atoms with van der Waals surface area (Å²) in [6.45, 7) is 1.77. The van der Waals surface area contributed by atoms with E-state index in [9.17, 15) is 18.8 Å². The van der Waals surface area contributed by atoms with Crippen molar-refractivity contribution in [1.82, 2.24) is 4.90 Å². The van der Waals surface area contributed by atoms with Crippen LogP contribution in [0.2, 0.25) is 0 Å². The quantitative estimate of drug-likeness (QED) is 0.879. The van der Waals surface area contributed by atoms with E-state index < -0.39 is 17.6 Å². The fourth-order valence-electron chi connectivity index (χ4n) is 2.63. The molecule has 2 aromatic carbocycles. The van der Waals surface area contributed by atoms with Crippen LogP contribution in [0.4, 0.5) is 10.1 Å². The number of fused-ring (bicyclic) bond motifs is 1. The number of nitrogens with zero attached hydrogens (tertiary/aromatic N) is 1. The smallest absolute Gasteiger partial charge is 0.264 e. The van der Waals surface area contributed by atoms with E-state index in [-0.39, 0.29) is 30.0 Å². The molecule has 6 heteroatoms. The molecule has 5 nitrogen and oxygen atoms in total. The lowest BCUT2D eigenvalue weighted by molar-refractivity contribution is -0.116. The molecule has 0 spiro atoms. The highest BCUT2D eigenvalue weighted by Crippen LogP contribution is 2.25. The van der Waals surface area contributed by atoms with Gasteiger partial charge >= 0.3 is 0 Å². The predicted octanol–water partition coefficient (Wildman–Crippen LogP) is 2.76. The Hall–Kier alpha value is -3.02. The van der Waals surface area contributed by atoms with Gasteiger partial charge in [-0.3, -0.25) is 19.3 Å². The van der Waals surface area contributed by atoms with Crippen LogP contribution in [0.15, 0.2) is 42.5 Å². The van der Waals surface area contributed by atoms with Crippen molar-refractivity contribution in [3.05, 3.63) is 65.0 Å². The van der Waals surface area contributed by atoms with Crippen molar-refractivity contribution in [3.63, 3.8) is 0 Å². The minimum Gasteiger partial charge on any atom is -0.326 e. The number of amides is 3. The Morgan fingerprint density at radius 1 is 1.08 bits per heavy atom. The zero-order valence-electron chi connectivity index (χ0n) is 13.0. The highest BCUT2D eigenvalue weighted by molar-refractivity contribution is 6.21. The van der Waals surface area contributed by atoms with E-state index >= 15 is 0 Å². The van der Waals surface area contributed by atoms with Crippen molar-refractivity contribution < 1.29 is 18.8 Å². The Bertz CT molecular complexity index is 848. The van der Waals surface area contributed by atoms with Gasteiger partial charge in [-0.2, -0.15) is 0 Å². The van der Waals surface area contributed by atoms with E-state index in [0.29, 0.717) is 5.69 Å². The van der Waals surface area contributed by atoms with Gasteiger partial charge < -0.3 is 5.32 Å². The van der Waals surface area contributed by atoms with E-state index in [1.165, 1.54) is 12.1 Å². The van der Waals surface area contributed by atoms with Crippen LogP contribution < -0.4 is 5.32 Å². The number of imide groups is 1. The zero-order valence-corrected chi connectivity index (χ0v) is 13.0. The van der Waals surface area contributed by atoms with Crippen molar-refractivity contribution in [3.8, 4) is 0 Å². The normalized spacial score (nSPS) is 13.2. The van der Waals surface area contributed by atoms with E-state index in [0.717, 1.165) is 16.5 Å². The Morgan fingerprint density at radius 3 is 2.54 bits per heavy atom. The second-order valence-electron chi connectivity index (χ2n) is 5.54. The highest BCUT2D eigenvalue weighted by atomic mass is 19.1. The first-order valence-electron chi connectivity index (χ1n) is 7.49. The fourth-order valence-corrected chi connectivity index (χ4v) is 2.63. The lowest BCUT2D eigenvalue weighted by Gasteiger charge is -2.14. The van der Waals surface area contributed by atoms with E-state index in [1.807, 2.05) is 19.1 Å². The molecule has 3 rings (SSSR count). The molecule has 0 radical (unpaired) electrons. The van der Waals surface area contributed by atoms with E-state index in [1.54, 1.807) is 12.1 Å². The summed E-state index contributed by atoms with van der Waals surface area (Å²) in [4.78, 5) is 37.3. The molecule has 1 N–H and O–H groups in total. The third kappa shape index (κ3) is 2.78. The second kappa shape index (κ2) is 6.23. The van der Waals surface area contributed by atoms with Crippen molar-refractivity contribution in [2.45, 2.75) is 13.3 Å². The van der Waals surface area contributed by atoms with E-state index in [4.69, 9.17) is 0 Å². The maximum atomic E-state index is 13.7. The number of anilines is 1. The molecule has 0 fully saturated rings. The number of halogens is 1. The van der Waals surface area contributed by atoms with Crippen LogP contribution in [-0.4, -0.2) is 29.2 Å². The number of benzene rings is 2. The molecule has 1 aliphatic rings. The molecule has 122 valence electrons. The third-order valence-corrected chi connectivity index (χ3v) is 3.93. The summed E-state index contributed by atoms with van der Waals surface area (Å²) in [6.07, 6.45) is -0.0541. The number of carbonyl (C=O) groups is 3. The molecular formula is C18H15FN2O3. The van der Waals surface area contributed by atoms with Crippen molar-refractivity contribution in [1.29, 1.82) is 0 Å². The topological polar surface area (TPSA) is 66.5 Å². The Labute approximate surface area is 138 Å². The monoisotopic (exact) mass is 326 g/mol. The van der Waals surface area contributed by atoms with Crippen LogP contribution >= 0.6 is 0 Å². The molecule has 0 saturated heterocycles. The van der Waals surface area contributed by atoms with Gasteiger partial charge in [0.1, 0.15) is 5.82 Å². The van der Waals surface area contributed by atoms with Gasteiger partial charge in [-0.05, 0) is 30.7 Å². The number of para-hydroxylation sites is 1. The van der Waals surface area contributed by atoms with Crippen LogP contribution in [0.25, 0.3) is 0 Å². The number of nitrogens with one attached hydrogen (secondary N) is 1. The second-order valence-corrected chi connectivity index (χ2v) is 5.54. The average molecular weight is 326 g/mol. The summed E-state index contributed by atoms with van der Waals surface area (Å²) in [5.41, 5.74) is 1.41. The third-order valence-electron chi connectivity index (χ3n) is 3.93. The average Bonchev–Trinajstić information content (AvgIpc) is 2.80. The van der Waals surface area contributed by atoms with Crippen molar-refractivity contribution in [2.75, 3.05) is 11.9 Å². The maximum absolute atomic E-state index is 13.7. The molecule has 0 unspecified atom stereocenters. The first-order chi connectivity index (χ1) is 11.5. The summed E-state index contributed by atoms with van der Waals surface area (Å²) in [6, 6.07) is 11.2. The molecule has 0 aromatic heterocycles. The number of hydrogen-bond acceptors (Lipinski definition) is 3. The lowest BCUT2D eigenvalue weighted by atomic mass is 10.1. The maximum Gasteiger partial charge on any atom is 0.264 e. The fraction of sp³-hybridized carbons (Fsp3) is 0.167. The molecule has 0 bridgehead atoms. The van der Waals surface area contributed by atoms with Crippen molar-refractivity contribution >= 4 is 23.4 Å². The summed E-state index contributed by atoms with van der Waals surface area (Å²) in [7, 11) is 0. The number of carbonyl (C=O) groups excluding carboxylic acids is 3. The molecular weight excluding hydrogens is 311 g/mol. The first kappa shape index (κ1) is 15.9. The summed E-state index contributed by atoms with van der Waals surface area (Å²) in [5.74, 6) is -2.31. The molecule has 3 amide bonds. The van der Waals surface area contributed by atoms with Crippen LogP contribution in [0, 0.1) is 12.7 Å². The van der Waals surface area contributed by atoms with Gasteiger partial charge in [0, 0.05) is 18.7 Å². The summed E-state index contributed by atoms with van der Waals surface area (Å²) in [5, 5.41) is 2.73. The van der Waals surface area contributed by atoms with Gasteiger partial charge in [-0.1, -0.05) is 24.3 Å². The summed E-state index contributed by atoms with van der Waals surface area (Å²) < 4.78 is 13.7. The molecule has 0 aliphatic carbocycles. The summed E-state index contributed by atoms with van der Waals surface area (Å²) >= 11 is 0. The standard InChI is InChI=1S/C18H15FN2O3/c1-11-5-2-3-8-14(11)20-15(22)9-10-21-17(23)12-6-4-7-13(19)16(12)18(21)24/h2-8H,9-10H2,1H3,(H,20,22). The number of hydrogen-bond donors (Lipinski definition) is 1. The first-order valence-corrected chi connectivity index (χ1v) is 7.49. The van der Waals surface area contributed by atoms with Gasteiger partial charge in [0.25, 0.3) is 11.8 Å². The molecule has 24 heavy (non-hydrogen) atoms. The largest absolute Gasteiger partial charge is 0.326 e. The molecule has 0 saturated carbocycles. The van der Waals surface area contributed by atoms with Gasteiger partial charge in [0.05, 0.1) is 11.1 Å². The number of aryl methyl sites for hydroxylation is 1. The van der Waals surface area contributed by atoms with Crippen LogP contribution in [-0.2, 0) is 4.79 Å². The lowest BCUT2D eigenvalue weighted by Crippen LogP contribution is -2.33. The van der Waals surface area contributed by atoms with Gasteiger partial charge in [0.2, 0.25) is 5.91 Å². The molecule has 2 aromatic rings. The SMILES string of the molecule is Cc1ccccc1NC(=O)CCN1C(=O)c2cccc(F)c2C1=O. The zero-order chi connectivity index (χ0) is 17.3. The van der Waals surface area contributed by atoms with Gasteiger partial charge in [-0.25, -0.2) is 4.39 Å². The van der Waals surface area contributed by atoms with Gasteiger partial charge in [0.15, 0.2) is 0 Å². The van der Waals surface area contributed by atoms with Gasteiger partial charge in [-0.15, -0.1) is 0 Å². The minimum absolute atomic E-state index is 0.0410.